The maximum Gasteiger partial charge on any atom is 0.121 e. The van der Waals surface area contributed by atoms with E-state index in [9.17, 15) is 0 Å². The smallest absolute Gasteiger partial charge is 0.121 e. The Labute approximate surface area is 109 Å². The van der Waals surface area contributed by atoms with Crippen LogP contribution < -0.4 is 4.74 Å². The second kappa shape index (κ2) is 5.77. The Bertz CT molecular complexity index is 356. The molecule has 2 heteroatoms. The van der Waals surface area contributed by atoms with Crippen LogP contribution in [-0.2, 0) is 0 Å². The molecule has 0 amide bonds. The lowest BCUT2D eigenvalue weighted by atomic mass is 9.92. The summed E-state index contributed by atoms with van der Waals surface area (Å²) in [5, 5.41) is 0.747. The molecule has 0 bridgehead atoms. The highest BCUT2D eigenvalue weighted by atomic mass is 35.5. The van der Waals surface area contributed by atoms with Crippen LogP contribution in [-0.4, -0.2) is 6.10 Å². The fraction of sp³-hybridized carbons (Fsp3) is 0.600. The lowest BCUT2D eigenvalue weighted by Crippen LogP contribution is -2.30. The molecular formula is C15H21ClO. The number of benzene rings is 1. The van der Waals surface area contributed by atoms with Crippen molar-refractivity contribution in [1.29, 1.82) is 0 Å². The summed E-state index contributed by atoms with van der Waals surface area (Å²) in [4.78, 5) is 0. The zero-order valence-corrected chi connectivity index (χ0v) is 11.4. The third-order valence-corrected chi connectivity index (χ3v) is 3.82. The standard InChI is InChI=1S/C15H21ClO/c1-11(2)15(12-6-3-4-7-12)17-14-9-5-8-13(16)10-14/h5,8-12,15H,3-4,6-7H2,1-2H3/t15-/m0/s1. The molecule has 0 saturated heterocycles. The predicted octanol–water partition coefficient (Wildman–Crippen LogP) is 4.93. The lowest BCUT2D eigenvalue weighted by molar-refractivity contribution is 0.0915. The Kier molecular flexibility index (Phi) is 4.33. The average molecular weight is 253 g/mol. The third-order valence-electron chi connectivity index (χ3n) is 3.59. The first-order valence-corrected chi connectivity index (χ1v) is 6.97. The van der Waals surface area contributed by atoms with Crippen LogP contribution in [0.2, 0.25) is 5.02 Å². The summed E-state index contributed by atoms with van der Waals surface area (Å²) >= 11 is 5.99. The number of halogens is 1. The van der Waals surface area contributed by atoms with E-state index in [0.717, 1.165) is 10.8 Å². The minimum atomic E-state index is 0.330. The summed E-state index contributed by atoms with van der Waals surface area (Å²) in [5.41, 5.74) is 0. The predicted molar refractivity (Wildman–Crippen MR) is 72.7 cm³/mol. The van der Waals surface area contributed by atoms with Crippen LogP contribution >= 0.6 is 11.6 Å². The van der Waals surface area contributed by atoms with Gasteiger partial charge in [-0.25, -0.2) is 0 Å². The van der Waals surface area contributed by atoms with E-state index in [1.165, 1.54) is 25.7 Å². The first-order chi connectivity index (χ1) is 8.16. The molecule has 1 atom stereocenters. The van der Waals surface area contributed by atoms with Crippen LogP contribution in [0, 0.1) is 11.8 Å². The normalized spacial score (nSPS) is 18.6. The molecule has 1 aromatic carbocycles. The summed E-state index contributed by atoms with van der Waals surface area (Å²) in [6.07, 6.45) is 5.66. The third kappa shape index (κ3) is 3.38. The summed E-state index contributed by atoms with van der Waals surface area (Å²) < 4.78 is 6.16. The highest BCUT2D eigenvalue weighted by molar-refractivity contribution is 6.30. The largest absolute Gasteiger partial charge is 0.490 e. The fourth-order valence-corrected chi connectivity index (χ4v) is 2.94. The van der Waals surface area contributed by atoms with Crippen molar-refractivity contribution in [3.8, 4) is 5.75 Å². The van der Waals surface area contributed by atoms with Crippen molar-refractivity contribution in [2.75, 3.05) is 0 Å². The van der Waals surface area contributed by atoms with Crippen molar-refractivity contribution in [1.82, 2.24) is 0 Å². The van der Waals surface area contributed by atoms with Gasteiger partial charge in [0.2, 0.25) is 0 Å². The molecule has 0 heterocycles. The van der Waals surface area contributed by atoms with Crippen LogP contribution in [0.5, 0.6) is 5.75 Å². The molecule has 1 aliphatic carbocycles. The van der Waals surface area contributed by atoms with Gasteiger partial charge in [-0.3, -0.25) is 0 Å². The van der Waals surface area contributed by atoms with E-state index in [2.05, 4.69) is 13.8 Å². The van der Waals surface area contributed by atoms with E-state index in [-0.39, 0.29) is 0 Å². The first kappa shape index (κ1) is 12.8. The lowest BCUT2D eigenvalue weighted by Gasteiger charge is -2.28. The van der Waals surface area contributed by atoms with Gasteiger partial charge in [-0.1, -0.05) is 44.4 Å². The van der Waals surface area contributed by atoms with Gasteiger partial charge in [0.1, 0.15) is 11.9 Å². The number of ether oxygens (including phenoxy) is 1. The van der Waals surface area contributed by atoms with Crippen LogP contribution in [0.1, 0.15) is 39.5 Å². The quantitative estimate of drug-likeness (QED) is 0.738. The SMILES string of the molecule is CC(C)[C@H](Oc1cccc(Cl)c1)C1CCCC1. The summed E-state index contributed by atoms with van der Waals surface area (Å²) in [5.74, 6) is 2.18. The van der Waals surface area contributed by atoms with Gasteiger partial charge in [-0.2, -0.15) is 0 Å². The molecule has 1 aromatic rings. The molecule has 94 valence electrons. The molecule has 1 nitrogen and oxygen atoms in total. The fourth-order valence-electron chi connectivity index (χ4n) is 2.76. The monoisotopic (exact) mass is 252 g/mol. The molecule has 1 fully saturated rings. The van der Waals surface area contributed by atoms with Crippen LogP contribution in [0.25, 0.3) is 0 Å². The Morgan fingerprint density at radius 1 is 1.24 bits per heavy atom. The maximum atomic E-state index is 6.16. The Morgan fingerprint density at radius 2 is 1.94 bits per heavy atom. The summed E-state index contributed by atoms with van der Waals surface area (Å²) in [6.45, 7) is 4.49. The highest BCUT2D eigenvalue weighted by Gasteiger charge is 2.29. The van der Waals surface area contributed by atoms with Crippen molar-refractivity contribution >= 4 is 11.6 Å². The van der Waals surface area contributed by atoms with E-state index in [1.807, 2.05) is 24.3 Å². The molecule has 0 radical (unpaired) electrons. The molecular weight excluding hydrogens is 232 g/mol. The van der Waals surface area contributed by atoms with Crippen molar-refractivity contribution in [2.24, 2.45) is 11.8 Å². The van der Waals surface area contributed by atoms with Crippen LogP contribution in [0.15, 0.2) is 24.3 Å². The number of hydrogen-bond acceptors (Lipinski definition) is 1. The van der Waals surface area contributed by atoms with Gasteiger partial charge >= 0.3 is 0 Å². The second-order valence-corrected chi connectivity index (χ2v) is 5.76. The molecule has 1 saturated carbocycles. The molecule has 1 aliphatic rings. The minimum Gasteiger partial charge on any atom is -0.490 e. The molecule has 0 N–H and O–H groups in total. The molecule has 2 rings (SSSR count). The van der Waals surface area contributed by atoms with Gasteiger partial charge in [0.15, 0.2) is 0 Å². The Hall–Kier alpha value is -0.690. The van der Waals surface area contributed by atoms with E-state index < -0.39 is 0 Å². The van der Waals surface area contributed by atoms with Gasteiger partial charge in [-0.15, -0.1) is 0 Å². The Balaban J connectivity index is 2.07. The average Bonchev–Trinajstić information content (AvgIpc) is 2.78. The second-order valence-electron chi connectivity index (χ2n) is 5.33. The van der Waals surface area contributed by atoms with Crippen LogP contribution in [0.4, 0.5) is 0 Å². The van der Waals surface area contributed by atoms with E-state index >= 15 is 0 Å². The topological polar surface area (TPSA) is 9.23 Å². The summed E-state index contributed by atoms with van der Waals surface area (Å²) in [7, 11) is 0. The number of hydrogen-bond donors (Lipinski definition) is 0. The molecule has 0 aliphatic heterocycles. The van der Waals surface area contributed by atoms with Gasteiger partial charge in [0, 0.05) is 5.02 Å². The number of rotatable bonds is 4. The van der Waals surface area contributed by atoms with Gasteiger partial charge in [-0.05, 0) is 42.9 Å². The van der Waals surface area contributed by atoms with E-state index in [1.54, 1.807) is 0 Å². The maximum absolute atomic E-state index is 6.16. The van der Waals surface area contributed by atoms with Gasteiger partial charge in [0.25, 0.3) is 0 Å². The van der Waals surface area contributed by atoms with E-state index in [4.69, 9.17) is 16.3 Å². The summed E-state index contributed by atoms with van der Waals surface area (Å²) in [6, 6.07) is 7.74. The minimum absolute atomic E-state index is 0.330. The Morgan fingerprint density at radius 3 is 2.53 bits per heavy atom. The van der Waals surface area contributed by atoms with Crippen molar-refractivity contribution in [2.45, 2.75) is 45.6 Å². The van der Waals surface area contributed by atoms with Gasteiger partial charge < -0.3 is 4.74 Å². The van der Waals surface area contributed by atoms with Crippen molar-refractivity contribution < 1.29 is 4.74 Å². The zero-order valence-electron chi connectivity index (χ0n) is 10.7. The highest BCUT2D eigenvalue weighted by Crippen LogP contribution is 2.33. The van der Waals surface area contributed by atoms with Gasteiger partial charge in [0.05, 0.1) is 0 Å². The van der Waals surface area contributed by atoms with Crippen molar-refractivity contribution in [3.05, 3.63) is 29.3 Å². The van der Waals surface area contributed by atoms with Crippen molar-refractivity contribution in [3.63, 3.8) is 0 Å². The molecule has 0 aromatic heterocycles. The van der Waals surface area contributed by atoms with Crippen LogP contribution in [0.3, 0.4) is 0 Å². The first-order valence-electron chi connectivity index (χ1n) is 6.59. The molecule has 0 spiro atoms. The van der Waals surface area contributed by atoms with E-state index in [0.29, 0.717) is 17.9 Å². The zero-order chi connectivity index (χ0) is 12.3. The molecule has 17 heavy (non-hydrogen) atoms. The molecule has 0 unspecified atom stereocenters.